The fraction of sp³-hybridized carbons (Fsp3) is 0.290. The molecule has 0 saturated carbocycles. The Morgan fingerprint density at radius 3 is 2.29 bits per heavy atom. The van der Waals surface area contributed by atoms with Crippen molar-refractivity contribution in [3.63, 3.8) is 0 Å². The van der Waals surface area contributed by atoms with Crippen LogP contribution in [0.15, 0.2) is 77.5 Å². The standard InChI is InChI=1S/C31H32N4O3/c1-20(2)15-16-38-26-13-11-23(12-14-26)29-24(19-34(33-29)25-9-7-6-8-10-25)17-27-22(5)28(18-32)31(37)35(21(3)4)30(27)36/h6-14,17,19-21H,15-16H2,1-5H3/b27-17+. The molecule has 0 unspecified atom stereocenters. The maximum atomic E-state index is 13.4. The van der Waals surface area contributed by atoms with Crippen LogP contribution in [0.1, 0.15) is 46.6 Å². The van der Waals surface area contributed by atoms with Crippen LogP contribution in [0, 0.1) is 17.2 Å². The number of hydrogen-bond donors (Lipinski definition) is 0. The molecule has 0 bridgehead atoms. The average molecular weight is 509 g/mol. The molecule has 2 aromatic carbocycles. The van der Waals surface area contributed by atoms with E-state index < -0.39 is 11.8 Å². The van der Waals surface area contributed by atoms with Crippen molar-refractivity contribution >= 4 is 17.9 Å². The van der Waals surface area contributed by atoms with Gasteiger partial charge in [0.2, 0.25) is 0 Å². The molecular formula is C31H32N4O3. The summed E-state index contributed by atoms with van der Waals surface area (Å²) < 4.78 is 7.64. The molecule has 0 spiro atoms. The fourth-order valence-electron chi connectivity index (χ4n) is 4.28. The SMILES string of the molecule is CC1=C(C#N)C(=O)N(C(C)C)C(=O)/C1=C/c1cn(-c2ccccc2)nc1-c1ccc(OCCC(C)C)cc1. The first-order chi connectivity index (χ1) is 18.2. The number of benzene rings is 2. The van der Waals surface area contributed by atoms with Gasteiger partial charge in [-0.3, -0.25) is 14.5 Å². The van der Waals surface area contributed by atoms with E-state index in [9.17, 15) is 14.9 Å². The highest BCUT2D eigenvalue weighted by atomic mass is 16.5. The number of imide groups is 1. The number of amides is 2. The Labute approximate surface area is 223 Å². The van der Waals surface area contributed by atoms with Crippen LogP contribution in [0.2, 0.25) is 0 Å². The molecule has 7 heteroatoms. The molecule has 0 saturated heterocycles. The summed E-state index contributed by atoms with van der Waals surface area (Å²) in [5.74, 6) is 0.363. The van der Waals surface area contributed by atoms with Gasteiger partial charge in [-0.15, -0.1) is 0 Å². The first kappa shape index (κ1) is 26.6. The Morgan fingerprint density at radius 2 is 1.68 bits per heavy atom. The first-order valence-electron chi connectivity index (χ1n) is 12.8. The quantitative estimate of drug-likeness (QED) is 0.276. The van der Waals surface area contributed by atoms with Gasteiger partial charge in [-0.25, -0.2) is 4.68 Å². The number of rotatable bonds is 8. The molecule has 38 heavy (non-hydrogen) atoms. The van der Waals surface area contributed by atoms with Crippen molar-refractivity contribution in [1.82, 2.24) is 14.7 Å². The first-order valence-corrected chi connectivity index (χ1v) is 12.8. The van der Waals surface area contributed by atoms with E-state index in [1.807, 2.05) is 66.9 Å². The summed E-state index contributed by atoms with van der Waals surface area (Å²) in [4.78, 5) is 27.4. The molecule has 1 aromatic heterocycles. The minimum absolute atomic E-state index is 0.0237. The molecule has 2 heterocycles. The molecule has 0 atom stereocenters. The highest BCUT2D eigenvalue weighted by Crippen LogP contribution is 2.32. The smallest absolute Gasteiger partial charge is 0.271 e. The zero-order chi connectivity index (χ0) is 27.4. The van der Waals surface area contributed by atoms with Crippen LogP contribution in [-0.2, 0) is 9.59 Å². The number of nitrogens with zero attached hydrogens (tertiary/aromatic N) is 4. The van der Waals surface area contributed by atoms with Crippen molar-refractivity contribution in [2.24, 2.45) is 5.92 Å². The van der Waals surface area contributed by atoms with Gasteiger partial charge in [0.25, 0.3) is 11.8 Å². The second-order valence-electron chi connectivity index (χ2n) is 10.0. The van der Waals surface area contributed by atoms with Gasteiger partial charge >= 0.3 is 0 Å². The van der Waals surface area contributed by atoms with E-state index in [0.29, 0.717) is 34.9 Å². The third-order valence-corrected chi connectivity index (χ3v) is 6.44. The predicted octanol–water partition coefficient (Wildman–Crippen LogP) is 5.96. The summed E-state index contributed by atoms with van der Waals surface area (Å²) in [7, 11) is 0. The maximum Gasteiger partial charge on any atom is 0.271 e. The van der Waals surface area contributed by atoms with Gasteiger partial charge in [-0.1, -0.05) is 32.0 Å². The topological polar surface area (TPSA) is 88.2 Å². The van der Waals surface area contributed by atoms with Gasteiger partial charge in [0.15, 0.2) is 0 Å². The number of para-hydroxylation sites is 1. The number of carbonyl (C=O) groups excluding carboxylic acids is 2. The van der Waals surface area contributed by atoms with Crippen LogP contribution in [0.3, 0.4) is 0 Å². The molecular weight excluding hydrogens is 476 g/mol. The predicted molar refractivity (Wildman–Crippen MR) is 147 cm³/mol. The Hall–Kier alpha value is -4.44. The monoisotopic (exact) mass is 508 g/mol. The van der Waals surface area contributed by atoms with Crippen LogP contribution < -0.4 is 4.74 Å². The minimum atomic E-state index is -0.560. The molecule has 0 fully saturated rings. The Balaban J connectivity index is 1.81. The lowest BCUT2D eigenvalue weighted by Crippen LogP contribution is -2.46. The van der Waals surface area contributed by atoms with E-state index >= 15 is 0 Å². The van der Waals surface area contributed by atoms with Gasteiger partial charge < -0.3 is 4.74 Å². The largest absolute Gasteiger partial charge is 0.494 e. The highest BCUT2D eigenvalue weighted by Gasteiger charge is 2.37. The van der Waals surface area contributed by atoms with E-state index in [-0.39, 0.29) is 11.6 Å². The minimum Gasteiger partial charge on any atom is -0.494 e. The van der Waals surface area contributed by atoms with Crippen molar-refractivity contribution in [3.8, 4) is 28.8 Å². The molecule has 0 aliphatic carbocycles. The zero-order valence-corrected chi connectivity index (χ0v) is 22.4. The van der Waals surface area contributed by atoms with E-state index in [4.69, 9.17) is 9.84 Å². The summed E-state index contributed by atoms with van der Waals surface area (Å²) >= 11 is 0. The number of ether oxygens (including phenoxy) is 1. The molecule has 1 aliphatic rings. The second-order valence-corrected chi connectivity index (χ2v) is 10.0. The van der Waals surface area contributed by atoms with E-state index in [2.05, 4.69) is 13.8 Å². The van der Waals surface area contributed by atoms with Crippen molar-refractivity contribution in [1.29, 1.82) is 5.26 Å². The van der Waals surface area contributed by atoms with E-state index in [0.717, 1.165) is 28.3 Å². The van der Waals surface area contributed by atoms with Gasteiger partial charge in [0, 0.05) is 28.9 Å². The summed E-state index contributed by atoms with van der Waals surface area (Å²) in [6.07, 6.45) is 4.56. The summed E-state index contributed by atoms with van der Waals surface area (Å²) in [5, 5.41) is 14.5. The summed E-state index contributed by atoms with van der Waals surface area (Å²) in [5.41, 5.74) is 3.73. The van der Waals surface area contributed by atoms with Crippen molar-refractivity contribution in [2.45, 2.75) is 47.1 Å². The summed E-state index contributed by atoms with van der Waals surface area (Å²) in [6.45, 7) is 10.1. The van der Waals surface area contributed by atoms with Gasteiger partial charge in [-0.05, 0) is 81.2 Å². The fourth-order valence-corrected chi connectivity index (χ4v) is 4.28. The molecule has 1 aliphatic heterocycles. The normalized spacial score (nSPS) is 15.1. The van der Waals surface area contributed by atoms with Gasteiger partial charge in [0.05, 0.1) is 18.0 Å². The zero-order valence-electron chi connectivity index (χ0n) is 22.4. The number of nitriles is 1. The Bertz CT molecular complexity index is 1440. The summed E-state index contributed by atoms with van der Waals surface area (Å²) in [6, 6.07) is 19.0. The lowest BCUT2D eigenvalue weighted by molar-refractivity contribution is -0.142. The van der Waals surface area contributed by atoms with Gasteiger partial charge in [0.1, 0.15) is 17.4 Å². The third-order valence-electron chi connectivity index (χ3n) is 6.44. The van der Waals surface area contributed by atoms with E-state index in [1.165, 1.54) is 0 Å². The molecule has 0 radical (unpaired) electrons. The van der Waals surface area contributed by atoms with Crippen LogP contribution in [0.5, 0.6) is 5.75 Å². The Morgan fingerprint density at radius 1 is 1.00 bits per heavy atom. The highest BCUT2D eigenvalue weighted by molar-refractivity contribution is 6.20. The molecule has 3 aromatic rings. The lowest BCUT2D eigenvalue weighted by atomic mass is 9.92. The number of carbonyl (C=O) groups is 2. The van der Waals surface area contributed by atoms with E-state index in [1.54, 1.807) is 31.5 Å². The van der Waals surface area contributed by atoms with Crippen molar-refractivity contribution in [2.75, 3.05) is 6.61 Å². The molecule has 194 valence electrons. The molecule has 0 N–H and O–H groups in total. The van der Waals surface area contributed by atoms with Crippen LogP contribution in [-0.4, -0.2) is 39.1 Å². The van der Waals surface area contributed by atoms with Crippen molar-refractivity contribution < 1.29 is 14.3 Å². The molecule has 2 amide bonds. The van der Waals surface area contributed by atoms with Gasteiger partial charge in [-0.2, -0.15) is 10.4 Å². The number of aromatic nitrogens is 2. The molecule has 7 nitrogen and oxygen atoms in total. The maximum absolute atomic E-state index is 13.4. The second kappa shape index (κ2) is 11.3. The molecule has 4 rings (SSSR count). The Kier molecular flexibility index (Phi) is 7.92. The number of hydrogen-bond acceptors (Lipinski definition) is 5. The van der Waals surface area contributed by atoms with Crippen LogP contribution in [0.4, 0.5) is 0 Å². The van der Waals surface area contributed by atoms with Crippen molar-refractivity contribution in [3.05, 3.63) is 83.1 Å². The third kappa shape index (κ3) is 5.45. The lowest BCUT2D eigenvalue weighted by Gasteiger charge is -2.30. The van der Waals surface area contributed by atoms with Crippen LogP contribution in [0.25, 0.3) is 23.0 Å². The van der Waals surface area contributed by atoms with Crippen LogP contribution >= 0.6 is 0 Å². The average Bonchev–Trinajstić information content (AvgIpc) is 3.31.